The van der Waals surface area contributed by atoms with Gasteiger partial charge in [-0.1, -0.05) is 35.5 Å². The van der Waals surface area contributed by atoms with Crippen LogP contribution in [0.1, 0.15) is 28.9 Å². The van der Waals surface area contributed by atoms with Crippen molar-refractivity contribution in [2.75, 3.05) is 13.2 Å². The molecule has 0 unspecified atom stereocenters. The highest BCUT2D eigenvalue weighted by atomic mass is 16.5. The lowest BCUT2D eigenvalue weighted by Crippen LogP contribution is -2.32. The maximum absolute atomic E-state index is 12.7. The van der Waals surface area contributed by atoms with Gasteiger partial charge in [-0.05, 0) is 30.5 Å². The Morgan fingerprint density at radius 2 is 2.00 bits per heavy atom. The summed E-state index contributed by atoms with van der Waals surface area (Å²) in [6.07, 6.45) is 5.88. The molecule has 7 heteroatoms. The SMILES string of the molecule is O=C(NC[C@H]1CCCO1)c1nnn(Cc2ccccc2)c1-n1cccc1. The highest BCUT2D eigenvalue weighted by molar-refractivity contribution is 5.95. The number of rotatable bonds is 6. The zero-order valence-corrected chi connectivity index (χ0v) is 14.4. The van der Waals surface area contributed by atoms with E-state index in [0.29, 0.717) is 24.6 Å². The largest absolute Gasteiger partial charge is 0.376 e. The molecular weight excluding hydrogens is 330 g/mol. The van der Waals surface area contributed by atoms with E-state index >= 15 is 0 Å². The minimum absolute atomic E-state index is 0.0911. The topological polar surface area (TPSA) is 74.0 Å². The molecule has 4 rings (SSSR count). The molecule has 3 heterocycles. The van der Waals surface area contributed by atoms with E-state index in [1.807, 2.05) is 59.4 Å². The second-order valence-electron chi connectivity index (χ2n) is 6.34. The summed E-state index contributed by atoms with van der Waals surface area (Å²) in [5, 5.41) is 11.3. The van der Waals surface area contributed by atoms with Crippen molar-refractivity contribution in [2.24, 2.45) is 0 Å². The molecule has 1 aliphatic heterocycles. The molecule has 1 N–H and O–H groups in total. The number of nitrogens with zero attached hydrogens (tertiary/aromatic N) is 4. The standard InChI is InChI=1S/C19H21N5O2/c25-18(20-13-16-9-6-12-26-16)17-19(23-10-4-5-11-23)24(22-21-17)14-15-7-2-1-3-8-15/h1-5,7-8,10-11,16H,6,9,12-14H2,(H,20,25)/t16-/m1/s1. The van der Waals surface area contributed by atoms with Crippen LogP contribution < -0.4 is 5.32 Å². The number of amides is 1. The monoisotopic (exact) mass is 351 g/mol. The quantitative estimate of drug-likeness (QED) is 0.737. The molecule has 1 fully saturated rings. The van der Waals surface area contributed by atoms with Crippen LogP contribution in [0.3, 0.4) is 0 Å². The van der Waals surface area contributed by atoms with E-state index in [0.717, 1.165) is 25.0 Å². The van der Waals surface area contributed by atoms with E-state index in [1.165, 1.54) is 0 Å². The van der Waals surface area contributed by atoms with Gasteiger partial charge in [0.25, 0.3) is 5.91 Å². The van der Waals surface area contributed by atoms with Gasteiger partial charge < -0.3 is 14.6 Å². The smallest absolute Gasteiger partial charge is 0.275 e. The highest BCUT2D eigenvalue weighted by Crippen LogP contribution is 2.16. The fourth-order valence-electron chi connectivity index (χ4n) is 3.14. The average molecular weight is 351 g/mol. The molecule has 134 valence electrons. The molecule has 0 saturated carbocycles. The van der Waals surface area contributed by atoms with E-state index in [4.69, 9.17) is 4.74 Å². The zero-order valence-electron chi connectivity index (χ0n) is 14.4. The molecule has 1 aliphatic rings. The van der Waals surface area contributed by atoms with E-state index < -0.39 is 0 Å². The van der Waals surface area contributed by atoms with Gasteiger partial charge in [0.1, 0.15) is 0 Å². The van der Waals surface area contributed by atoms with Crippen molar-refractivity contribution < 1.29 is 9.53 Å². The number of ether oxygens (including phenoxy) is 1. The lowest BCUT2D eigenvalue weighted by atomic mass is 10.2. The number of nitrogens with one attached hydrogen (secondary N) is 1. The van der Waals surface area contributed by atoms with Crippen LogP contribution in [0.2, 0.25) is 0 Å². The summed E-state index contributed by atoms with van der Waals surface area (Å²) >= 11 is 0. The molecular formula is C19H21N5O2. The van der Waals surface area contributed by atoms with Gasteiger partial charge in [0.2, 0.25) is 0 Å². The fourth-order valence-corrected chi connectivity index (χ4v) is 3.14. The van der Waals surface area contributed by atoms with Crippen molar-refractivity contribution in [1.29, 1.82) is 0 Å². The zero-order chi connectivity index (χ0) is 17.8. The lowest BCUT2D eigenvalue weighted by Gasteiger charge is -2.12. The van der Waals surface area contributed by atoms with Gasteiger partial charge in [0, 0.05) is 25.5 Å². The summed E-state index contributed by atoms with van der Waals surface area (Å²) in [4.78, 5) is 12.7. The van der Waals surface area contributed by atoms with Gasteiger partial charge in [-0.3, -0.25) is 4.79 Å². The Balaban J connectivity index is 1.58. The van der Waals surface area contributed by atoms with Crippen LogP contribution in [0.5, 0.6) is 0 Å². The fraction of sp³-hybridized carbons (Fsp3) is 0.316. The van der Waals surface area contributed by atoms with Gasteiger partial charge in [0.05, 0.1) is 12.6 Å². The molecule has 0 spiro atoms. The maximum atomic E-state index is 12.7. The normalized spacial score (nSPS) is 16.7. The van der Waals surface area contributed by atoms with Crippen molar-refractivity contribution in [3.05, 3.63) is 66.1 Å². The Morgan fingerprint density at radius 3 is 2.73 bits per heavy atom. The number of hydrogen-bond acceptors (Lipinski definition) is 4. The summed E-state index contributed by atoms with van der Waals surface area (Å²) in [6.45, 7) is 1.80. The first-order valence-electron chi connectivity index (χ1n) is 8.82. The molecule has 1 aromatic carbocycles. The molecule has 1 saturated heterocycles. The first-order chi connectivity index (χ1) is 12.8. The number of aromatic nitrogens is 4. The summed E-state index contributed by atoms with van der Waals surface area (Å²) in [6, 6.07) is 13.8. The summed E-state index contributed by atoms with van der Waals surface area (Å²) in [5.74, 6) is 0.423. The molecule has 0 radical (unpaired) electrons. The third-order valence-corrected chi connectivity index (χ3v) is 4.46. The third-order valence-electron chi connectivity index (χ3n) is 4.46. The van der Waals surface area contributed by atoms with Crippen molar-refractivity contribution in [2.45, 2.75) is 25.5 Å². The second kappa shape index (κ2) is 7.53. The second-order valence-corrected chi connectivity index (χ2v) is 6.34. The number of carbonyl (C=O) groups is 1. The Morgan fingerprint density at radius 1 is 1.19 bits per heavy atom. The van der Waals surface area contributed by atoms with Crippen molar-refractivity contribution >= 4 is 5.91 Å². The van der Waals surface area contributed by atoms with Gasteiger partial charge >= 0.3 is 0 Å². The predicted octanol–water partition coefficient (Wildman–Crippen LogP) is 2.03. The lowest BCUT2D eigenvalue weighted by molar-refractivity contribution is 0.0853. The molecule has 26 heavy (non-hydrogen) atoms. The first kappa shape index (κ1) is 16.5. The summed E-state index contributed by atoms with van der Waals surface area (Å²) < 4.78 is 9.18. The van der Waals surface area contributed by atoms with Crippen LogP contribution in [0.15, 0.2) is 54.9 Å². The van der Waals surface area contributed by atoms with Crippen molar-refractivity contribution in [3.8, 4) is 5.82 Å². The molecule has 0 aliphatic carbocycles. The molecule has 1 atom stereocenters. The number of hydrogen-bond donors (Lipinski definition) is 1. The minimum Gasteiger partial charge on any atom is -0.376 e. The summed E-state index contributed by atoms with van der Waals surface area (Å²) in [7, 11) is 0. The number of carbonyl (C=O) groups excluding carboxylic acids is 1. The molecule has 7 nitrogen and oxygen atoms in total. The van der Waals surface area contributed by atoms with Crippen LogP contribution in [0.25, 0.3) is 5.82 Å². The van der Waals surface area contributed by atoms with Crippen LogP contribution in [-0.4, -0.2) is 44.7 Å². The molecule has 1 amide bonds. The third kappa shape index (κ3) is 3.52. The van der Waals surface area contributed by atoms with Gasteiger partial charge in [0.15, 0.2) is 11.5 Å². The Labute approximate surface area is 151 Å². The Bertz CT molecular complexity index is 851. The van der Waals surface area contributed by atoms with E-state index in [1.54, 1.807) is 4.68 Å². The molecule has 3 aromatic rings. The van der Waals surface area contributed by atoms with E-state index in [9.17, 15) is 4.79 Å². The first-order valence-corrected chi connectivity index (χ1v) is 8.82. The van der Waals surface area contributed by atoms with E-state index in [-0.39, 0.29) is 12.0 Å². The average Bonchev–Trinajstić information content (AvgIpc) is 3.41. The molecule has 2 aromatic heterocycles. The van der Waals surface area contributed by atoms with Gasteiger partial charge in [-0.25, -0.2) is 4.68 Å². The predicted molar refractivity (Wildman–Crippen MR) is 96.2 cm³/mol. The van der Waals surface area contributed by atoms with Gasteiger partial charge in [-0.15, -0.1) is 5.10 Å². The van der Waals surface area contributed by atoms with Crippen LogP contribution in [-0.2, 0) is 11.3 Å². The Kier molecular flexibility index (Phi) is 4.79. The Hall–Kier alpha value is -2.93. The number of benzene rings is 1. The van der Waals surface area contributed by atoms with Crippen LogP contribution >= 0.6 is 0 Å². The maximum Gasteiger partial charge on any atom is 0.275 e. The van der Waals surface area contributed by atoms with Crippen LogP contribution in [0.4, 0.5) is 0 Å². The summed E-state index contributed by atoms with van der Waals surface area (Å²) in [5.41, 5.74) is 1.41. The minimum atomic E-state index is -0.233. The van der Waals surface area contributed by atoms with E-state index in [2.05, 4.69) is 15.6 Å². The highest BCUT2D eigenvalue weighted by Gasteiger charge is 2.23. The van der Waals surface area contributed by atoms with Gasteiger partial charge in [-0.2, -0.15) is 0 Å². The van der Waals surface area contributed by atoms with Crippen molar-refractivity contribution in [3.63, 3.8) is 0 Å². The van der Waals surface area contributed by atoms with Crippen molar-refractivity contribution in [1.82, 2.24) is 24.9 Å². The molecule has 0 bridgehead atoms. The van der Waals surface area contributed by atoms with Crippen LogP contribution in [0, 0.1) is 0 Å².